The van der Waals surface area contributed by atoms with Gasteiger partial charge < -0.3 is 20.1 Å². The number of carbonyl (C=O) groups excluding carboxylic acids is 2. The first kappa shape index (κ1) is 18.2. The van der Waals surface area contributed by atoms with E-state index in [1.54, 1.807) is 39.0 Å². The SMILES string of the molecule is CC(C)(C)OC(=O)N[C@@H]1CN(C(=O)CO)C[C@H]1c1ccccc1F. The van der Waals surface area contributed by atoms with Crippen LogP contribution in [0, 0.1) is 5.82 Å². The normalized spacial score (nSPS) is 20.8. The van der Waals surface area contributed by atoms with Crippen molar-refractivity contribution in [2.24, 2.45) is 0 Å². The highest BCUT2D eigenvalue weighted by atomic mass is 19.1. The number of hydrogen-bond donors (Lipinski definition) is 2. The molecule has 0 saturated carbocycles. The van der Waals surface area contributed by atoms with Crippen LogP contribution in [-0.2, 0) is 9.53 Å². The Kier molecular flexibility index (Phi) is 5.43. The van der Waals surface area contributed by atoms with Gasteiger partial charge in [0.15, 0.2) is 0 Å². The number of carbonyl (C=O) groups is 2. The zero-order chi connectivity index (χ0) is 17.9. The average Bonchev–Trinajstić information content (AvgIpc) is 2.88. The first-order valence-corrected chi connectivity index (χ1v) is 7.84. The monoisotopic (exact) mass is 338 g/mol. The van der Waals surface area contributed by atoms with E-state index in [9.17, 15) is 14.0 Å². The van der Waals surface area contributed by atoms with Crippen molar-refractivity contribution in [3.05, 3.63) is 35.6 Å². The maximum absolute atomic E-state index is 14.1. The topological polar surface area (TPSA) is 78.9 Å². The van der Waals surface area contributed by atoms with Gasteiger partial charge in [-0.05, 0) is 32.4 Å². The largest absolute Gasteiger partial charge is 0.444 e. The lowest BCUT2D eigenvalue weighted by molar-refractivity contribution is -0.133. The molecule has 1 aromatic rings. The standard InChI is InChI=1S/C17H23FN2O4/c1-17(2,3)24-16(23)19-14-9-20(15(22)10-21)8-12(14)11-6-4-5-7-13(11)18/h4-7,12,14,21H,8-10H2,1-3H3,(H,19,23)/t12-,14+/m0/s1. The number of nitrogens with one attached hydrogen (secondary N) is 1. The highest BCUT2D eigenvalue weighted by molar-refractivity contribution is 5.78. The number of nitrogens with zero attached hydrogens (tertiary/aromatic N) is 1. The highest BCUT2D eigenvalue weighted by Crippen LogP contribution is 2.29. The quantitative estimate of drug-likeness (QED) is 0.878. The predicted molar refractivity (Wildman–Crippen MR) is 86.0 cm³/mol. The average molecular weight is 338 g/mol. The molecule has 2 N–H and O–H groups in total. The molecule has 2 rings (SSSR count). The number of amides is 2. The van der Waals surface area contributed by atoms with Crippen LogP contribution in [0.15, 0.2) is 24.3 Å². The molecule has 1 fully saturated rings. The summed E-state index contributed by atoms with van der Waals surface area (Å²) in [6, 6.07) is 5.78. The van der Waals surface area contributed by atoms with E-state index in [0.29, 0.717) is 5.56 Å². The van der Waals surface area contributed by atoms with E-state index in [1.807, 2.05) is 0 Å². The highest BCUT2D eigenvalue weighted by Gasteiger charge is 2.38. The molecule has 0 unspecified atom stereocenters. The van der Waals surface area contributed by atoms with Crippen LogP contribution in [0.25, 0.3) is 0 Å². The van der Waals surface area contributed by atoms with E-state index in [2.05, 4.69) is 5.32 Å². The molecule has 6 nitrogen and oxygen atoms in total. The summed E-state index contributed by atoms with van der Waals surface area (Å²) in [5.41, 5.74) is -0.233. The number of benzene rings is 1. The maximum atomic E-state index is 14.1. The number of hydrogen-bond acceptors (Lipinski definition) is 4. The molecule has 0 bridgehead atoms. The van der Waals surface area contributed by atoms with Crippen LogP contribution >= 0.6 is 0 Å². The van der Waals surface area contributed by atoms with Crippen LogP contribution in [0.5, 0.6) is 0 Å². The third kappa shape index (κ3) is 4.44. The van der Waals surface area contributed by atoms with Crippen molar-refractivity contribution < 1.29 is 23.8 Å². The van der Waals surface area contributed by atoms with E-state index in [4.69, 9.17) is 9.84 Å². The third-order valence-corrected chi connectivity index (χ3v) is 3.81. The fraction of sp³-hybridized carbons (Fsp3) is 0.529. The molecular formula is C17H23FN2O4. The number of aliphatic hydroxyl groups is 1. The number of halogens is 1. The van der Waals surface area contributed by atoms with E-state index >= 15 is 0 Å². The van der Waals surface area contributed by atoms with Crippen molar-refractivity contribution in [2.75, 3.05) is 19.7 Å². The van der Waals surface area contributed by atoms with Crippen LogP contribution in [0.1, 0.15) is 32.3 Å². The molecule has 1 heterocycles. The lowest BCUT2D eigenvalue weighted by Gasteiger charge is -2.24. The number of likely N-dealkylation sites (tertiary alicyclic amines) is 1. The second-order valence-corrected chi connectivity index (χ2v) is 6.84. The van der Waals surface area contributed by atoms with Gasteiger partial charge in [-0.2, -0.15) is 0 Å². The third-order valence-electron chi connectivity index (χ3n) is 3.81. The summed E-state index contributed by atoms with van der Waals surface area (Å²) >= 11 is 0. The molecule has 24 heavy (non-hydrogen) atoms. The van der Waals surface area contributed by atoms with E-state index in [1.165, 1.54) is 11.0 Å². The van der Waals surface area contributed by atoms with Crippen LogP contribution < -0.4 is 5.32 Å². The second-order valence-electron chi connectivity index (χ2n) is 6.84. The molecule has 132 valence electrons. The molecule has 0 spiro atoms. The van der Waals surface area contributed by atoms with Gasteiger partial charge in [-0.3, -0.25) is 4.79 Å². The minimum atomic E-state index is -0.656. The second kappa shape index (κ2) is 7.17. The molecule has 1 aromatic carbocycles. The Bertz CT molecular complexity index is 615. The Hall–Kier alpha value is -2.15. The van der Waals surface area contributed by atoms with Crippen molar-refractivity contribution in [3.63, 3.8) is 0 Å². The Balaban J connectivity index is 2.20. The van der Waals surface area contributed by atoms with Crippen molar-refractivity contribution in [2.45, 2.75) is 38.3 Å². The van der Waals surface area contributed by atoms with Gasteiger partial charge in [0.1, 0.15) is 18.0 Å². The molecule has 0 aromatic heterocycles. The Morgan fingerprint density at radius 2 is 2.00 bits per heavy atom. The van der Waals surface area contributed by atoms with Gasteiger partial charge in [0.05, 0.1) is 6.04 Å². The van der Waals surface area contributed by atoms with Crippen molar-refractivity contribution >= 4 is 12.0 Å². The molecule has 7 heteroatoms. The fourth-order valence-electron chi connectivity index (χ4n) is 2.80. The predicted octanol–water partition coefficient (Wildman–Crippen LogP) is 1.64. The Labute approximate surface area is 140 Å². The van der Waals surface area contributed by atoms with Gasteiger partial charge in [-0.1, -0.05) is 18.2 Å². The summed E-state index contributed by atoms with van der Waals surface area (Å²) in [4.78, 5) is 25.2. The van der Waals surface area contributed by atoms with Gasteiger partial charge in [0.2, 0.25) is 5.91 Å². The van der Waals surface area contributed by atoms with E-state index < -0.39 is 42.0 Å². The number of rotatable bonds is 3. The molecule has 1 saturated heterocycles. The lowest BCUT2D eigenvalue weighted by atomic mass is 9.94. The molecule has 1 aliphatic rings. The minimum absolute atomic E-state index is 0.192. The lowest BCUT2D eigenvalue weighted by Crippen LogP contribution is -2.43. The molecule has 2 amide bonds. The number of aliphatic hydroxyl groups excluding tert-OH is 1. The van der Waals surface area contributed by atoms with E-state index in [0.717, 1.165) is 0 Å². The first-order chi connectivity index (χ1) is 11.2. The van der Waals surface area contributed by atoms with Gasteiger partial charge >= 0.3 is 6.09 Å². The van der Waals surface area contributed by atoms with E-state index in [-0.39, 0.29) is 13.1 Å². The van der Waals surface area contributed by atoms with Crippen LogP contribution in [-0.4, -0.2) is 53.3 Å². The Morgan fingerprint density at radius 3 is 2.58 bits per heavy atom. The smallest absolute Gasteiger partial charge is 0.407 e. The summed E-state index contributed by atoms with van der Waals surface area (Å²) in [6.45, 7) is 5.03. The Morgan fingerprint density at radius 1 is 1.33 bits per heavy atom. The van der Waals surface area contributed by atoms with Crippen LogP contribution in [0.4, 0.5) is 9.18 Å². The van der Waals surface area contributed by atoms with Crippen LogP contribution in [0.2, 0.25) is 0 Å². The first-order valence-electron chi connectivity index (χ1n) is 7.84. The molecule has 2 atom stereocenters. The maximum Gasteiger partial charge on any atom is 0.407 e. The molecule has 1 aliphatic heterocycles. The molecule has 0 radical (unpaired) electrons. The number of ether oxygens (including phenoxy) is 1. The fourth-order valence-corrected chi connectivity index (χ4v) is 2.80. The molecule has 0 aliphatic carbocycles. The van der Waals surface area contributed by atoms with Gasteiger partial charge in [-0.15, -0.1) is 0 Å². The van der Waals surface area contributed by atoms with Crippen molar-refractivity contribution in [3.8, 4) is 0 Å². The van der Waals surface area contributed by atoms with Crippen LogP contribution in [0.3, 0.4) is 0 Å². The van der Waals surface area contributed by atoms with Crippen molar-refractivity contribution in [1.82, 2.24) is 10.2 Å². The molecular weight excluding hydrogens is 315 g/mol. The van der Waals surface area contributed by atoms with Crippen molar-refractivity contribution in [1.29, 1.82) is 0 Å². The summed E-state index contributed by atoms with van der Waals surface area (Å²) in [7, 11) is 0. The summed E-state index contributed by atoms with van der Waals surface area (Å²) < 4.78 is 19.4. The minimum Gasteiger partial charge on any atom is -0.444 e. The summed E-state index contributed by atoms with van der Waals surface area (Å²) in [6.07, 6.45) is -0.618. The zero-order valence-electron chi connectivity index (χ0n) is 14.1. The summed E-state index contributed by atoms with van der Waals surface area (Å²) in [5, 5.41) is 11.8. The number of alkyl carbamates (subject to hydrolysis) is 1. The van der Waals surface area contributed by atoms with Gasteiger partial charge in [0.25, 0.3) is 0 Å². The van der Waals surface area contributed by atoms with Gasteiger partial charge in [0, 0.05) is 19.0 Å². The van der Waals surface area contributed by atoms with Gasteiger partial charge in [-0.25, -0.2) is 9.18 Å². The summed E-state index contributed by atoms with van der Waals surface area (Å²) in [5.74, 6) is -1.25. The zero-order valence-corrected chi connectivity index (χ0v) is 14.1.